The van der Waals surface area contributed by atoms with Crippen molar-refractivity contribution in [3.8, 4) is 6.07 Å². The van der Waals surface area contributed by atoms with Crippen LogP contribution in [-0.4, -0.2) is 37.1 Å². The molecular weight excluding hydrogens is 489 g/mol. The van der Waals surface area contributed by atoms with Crippen LogP contribution in [0.15, 0.2) is 53.7 Å². The molecule has 2 aromatic carbocycles. The van der Waals surface area contributed by atoms with Crippen molar-refractivity contribution in [1.82, 2.24) is 10.2 Å². The van der Waals surface area contributed by atoms with Crippen LogP contribution in [0.4, 0.5) is 4.39 Å². The molecule has 39 heavy (non-hydrogen) atoms. The molecule has 5 nitrogen and oxygen atoms in total. The second kappa shape index (κ2) is 12.2. The number of hydrogen-bond acceptors (Lipinski definition) is 4. The lowest BCUT2D eigenvalue weighted by molar-refractivity contribution is 0.0421. The fourth-order valence-electron chi connectivity index (χ4n) is 5.74. The number of piperidine rings is 1. The van der Waals surface area contributed by atoms with E-state index in [4.69, 9.17) is 10.00 Å². The number of rotatable bonds is 6. The Kier molecular flexibility index (Phi) is 8.92. The zero-order valence-corrected chi connectivity index (χ0v) is 23.9. The first-order valence-electron chi connectivity index (χ1n) is 14.0. The predicted molar refractivity (Wildman–Crippen MR) is 154 cm³/mol. The lowest BCUT2D eigenvalue weighted by Crippen LogP contribution is -2.43. The highest BCUT2D eigenvalue weighted by Gasteiger charge is 2.38. The van der Waals surface area contributed by atoms with Gasteiger partial charge in [-0.3, -0.25) is 4.79 Å². The van der Waals surface area contributed by atoms with E-state index in [-0.39, 0.29) is 18.7 Å². The number of amides is 1. The molecule has 2 fully saturated rings. The van der Waals surface area contributed by atoms with Crippen molar-refractivity contribution < 1.29 is 13.9 Å². The van der Waals surface area contributed by atoms with Crippen LogP contribution in [-0.2, 0) is 10.4 Å². The number of ether oxygens (including phenoxy) is 1. The second-order valence-corrected chi connectivity index (χ2v) is 11.1. The van der Waals surface area contributed by atoms with Gasteiger partial charge in [0.15, 0.2) is 0 Å². The molecule has 2 aromatic rings. The van der Waals surface area contributed by atoms with Gasteiger partial charge in [0.1, 0.15) is 5.67 Å². The van der Waals surface area contributed by atoms with E-state index in [1.807, 2.05) is 13.0 Å². The fraction of sp³-hybridized carbons (Fsp3) is 0.455. The third-order valence-electron chi connectivity index (χ3n) is 8.19. The molecule has 2 heterocycles. The number of likely N-dealkylation sites (tertiary alicyclic amines) is 1. The van der Waals surface area contributed by atoms with Crippen LogP contribution in [0.2, 0.25) is 0 Å². The largest absolute Gasteiger partial charge is 0.381 e. The number of nitriles is 1. The van der Waals surface area contributed by atoms with Crippen LogP contribution in [0.3, 0.4) is 0 Å². The molecule has 0 aliphatic carbocycles. The maximum Gasteiger partial charge on any atom is 0.254 e. The lowest BCUT2D eigenvalue weighted by Gasteiger charge is -2.37. The van der Waals surface area contributed by atoms with Crippen molar-refractivity contribution in [2.45, 2.75) is 66.0 Å². The molecule has 0 saturated carbocycles. The molecule has 2 aliphatic heterocycles. The Morgan fingerprint density at radius 2 is 1.69 bits per heavy atom. The quantitative estimate of drug-likeness (QED) is 0.440. The summed E-state index contributed by atoms with van der Waals surface area (Å²) >= 11 is 0. The average molecular weight is 530 g/mol. The normalized spacial score (nSPS) is 17.9. The molecular formula is C33H40FN3O2. The molecule has 2 saturated heterocycles. The van der Waals surface area contributed by atoms with Crippen LogP contribution in [0, 0.1) is 31.1 Å². The van der Waals surface area contributed by atoms with E-state index >= 15 is 4.39 Å². The predicted octanol–water partition coefficient (Wildman–Crippen LogP) is 6.95. The number of alkyl halides is 1. The molecule has 0 spiro atoms. The van der Waals surface area contributed by atoms with E-state index in [9.17, 15) is 4.79 Å². The van der Waals surface area contributed by atoms with Crippen molar-refractivity contribution >= 4 is 11.6 Å². The molecule has 4 rings (SSSR count). The summed E-state index contributed by atoms with van der Waals surface area (Å²) in [6.45, 7) is 12.5. The van der Waals surface area contributed by atoms with Crippen molar-refractivity contribution in [1.29, 1.82) is 5.26 Å². The summed E-state index contributed by atoms with van der Waals surface area (Å²) in [5, 5.41) is 12.8. The fourth-order valence-corrected chi connectivity index (χ4v) is 5.74. The van der Waals surface area contributed by atoms with Gasteiger partial charge in [0.2, 0.25) is 0 Å². The summed E-state index contributed by atoms with van der Waals surface area (Å²) in [7, 11) is 0. The monoisotopic (exact) mass is 529 g/mol. The number of allylic oxidation sites excluding steroid dienone is 3. The van der Waals surface area contributed by atoms with Crippen LogP contribution >= 0.6 is 0 Å². The van der Waals surface area contributed by atoms with Crippen LogP contribution < -0.4 is 5.32 Å². The number of benzene rings is 2. The molecule has 1 N–H and O–H groups in total. The Labute approximate surface area is 232 Å². The van der Waals surface area contributed by atoms with E-state index in [1.54, 1.807) is 29.2 Å². The second-order valence-electron chi connectivity index (χ2n) is 11.1. The average Bonchev–Trinajstić information content (AvgIpc) is 2.94. The van der Waals surface area contributed by atoms with E-state index < -0.39 is 5.67 Å². The maximum absolute atomic E-state index is 15.8. The van der Waals surface area contributed by atoms with Gasteiger partial charge in [0, 0.05) is 67.6 Å². The number of carbonyl (C=O) groups is 1. The van der Waals surface area contributed by atoms with Crippen molar-refractivity contribution in [3.63, 3.8) is 0 Å². The smallest absolute Gasteiger partial charge is 0.254 e. The Hall–Kier alpha value is -3.43. The molecule has 0 radical (unpaired) electrons. The maximum atomic E-state index is 15.8. The summed E-state index contributed by atoms with van der Waals surface area (Å²) < 4.78 is 21.4. The van der Waals surface area contributed by atoms with E-state index in [0.29, 0.717) is 35.7 Å². The van der Waals surface area contributed by atoms with Crippen LogP contribution in [0.1, 0.15) is 84.6 Å². The van der Waals surface area contributed by atoms with Crippen LogP contribution in [0.25, 0.3) is 5.70 Å². The van der Waals surface area contributed by atoms with Gasteiger partial charge in [0.05, 0.1) is 11.6 Å². The Balaban J connectivity index is 1.55. The minimum atomic E-state index is -1.50. The standard InChI is InChI=1S/C33H40FN3O2/c1-6-30(26-11-17-39-18-12-26)36-31(22(2)3)28-20-29(24(5)19-23(28)4)32(38)37-15-13-33(34,14-16-37)27-9-7-25(21-35)8-10-27/h6-10,19-20,26,36H,11-18H2,1-5H3/b30-6+. The van der Waals surface area contributed by atoms with Gasteiger partial charge in [0.25, 0.3) is 5.91 Å². The first kappa shape index (κ1) is 28.6. The number of aryl methyl sites for hydroxylation is 2. The lowest BCUT2D eigenvalue weighted by atomic mass is 9.85. The first-order chi connectivity index (χ1) is 18.7. The highest BCUT2D eigenvalue weighted by molar-refractivity contribution is 5.97. The number of hydrogen-bond donors (Lipinski definition) is 1. The molecule has 2 aliphatic rings. The zero-order chi connectivity index (χ0) is 28.2. The summed E-state index contributed by atoms with van der Waals surface area (Å²) in [5.74, 6) is 0.370. The number of halogens is 1. The molecule has 0 atom stereocenters. The highest BCUT2D eigenvalue weighted by Crippen LogP contribution is 2.38. The Morgan fingerprint density at radius 3 is 2.26 bits per heavy atom. The summed E-state index contributed by atoms with van der Waals surface area (Å²) in [5.41, 5.74) is 6.68. The Morgan fingerprint density at radius 1 is 1.08 bits per heavy atom. The van der Waals surface area contributed by atoms with Gasteiger partial charge in [-0.05, 0) is 82.3 Å². The highest BCUT2D eigenvalue weighted by atomic mass is 19.1. The van der Waals surface area contributed by atoms with E-state index in [1.165, 1.54) is 5.70 Å². The van der Waals surface area contributed by atoms with Crippen molar-refractivity contribution in [3.05, 3.63) is 87.1 Å². The minimum absolute atomic E-state index is 0.0561. The summed E-state index contributed by atoms with van der Waals surface area (Å²) in [4.78, 5) is 15.5. The summed E-state index contributed by atoms with van der Waals surface area (Å²) in [6, 6.07) is 12.9. The number of carbonyl (C=O) groups excluding carboxylic acids is 1. The van der Waals surface area contributed by atoms with Crippen LogP contribution in [0.5, 0.6) is 0 Å². The SMILES string of the molecule is C/C=C(/NC(=C(C)C)c1cc(C(=O)N2CCC(F)(c3ccc(C#N)cc3)CC2)c(C)cc1C)C1CCOCC1. The Bertz CT molecular complexity index is 1300. The van der Waals surface area contributed by atoms with Gasteiger partial charge >= 0.3 is 0 Å². The van der Waals surface area contributed by atoms with E-state index in [2.05, 4.69) is 51.2 Å². The van der Waals surface area contributed by atoms with Gasteiger partial charge in [-0.15, -0.1) is 0 Å². The van der Waals surface area contributed by atoms with Gasteiger partial charge < -0.3 is 15.0 Å². The van der Waals surface area contributed by atoms with Gasteiger partial charge in [-0.25, -0.2) is 4.39 Å². The van der Waals surface area contributed by atoms with Gasteiger partial charge in [-0.1, -0.05) is 29.8 Å². The van der Waals surface area contributed by atoms with E-state index in [0.717, 1.165) is 54.0 Å². The third-order valence-corrected chi connectivity index (χ3v) is 8.19. The summed E-state index contributed by atoms with van der Waals surface area (Å²) in [6.07, 6.45) is 4.61. The first-order valence-corrected chi connectivity index (χ1v) is 14.0. The minimum Gasteiger partial charge on any atom is -0.381 e. The molecule has 6 heteroatoms. The number of nitrogens with one attached hydrogen (secondary N) is 1. The molecule has 0 bridgehead atoms. The van der Waals surface area contributed by atoms with Crippen molar-refractivity contribution in [2.75, 3.05) is 26.3 Å². The molecule has 0 unspecified atom stereocenters. The van der Waals surface area contributed by atoms with Crippen molar-refractivity contribution in [2.24, 2.45) is 5.92 Å². The molecule has 206 valence electrons. The number of nitrogens with zero attached hydrogens (tertiary/aromatic N) is 2. The molecule has 1 amide bonds. The van der Waals surface area contributed by atoms with Gasteiger partial charge in [-0.2, -0.15) is 5.26 Å². The zero-order valence-electron chi connectivity index (χ0n) is 23.9. The molecule has 0 aromatic heterocycles. The third kappa shape index (κ3) is 6.25. The topological polar surface area (TPSA) is 65.4 Å².